The molecule has 0 aliphatic heterocycles. The zero-order valence-electron chi connectivity index (χ0n) is 8.90. The van der Waals surface area contributed by atoms with E-state index < -0.39 is 0 Å². The fraction of sp³-hybridized carbons (Fsp3) is 0.417. The van der Waals surface area contributed by atoms with Gasteiger partial charge in [-0.2, -0.15) is 0 Å². The monoisotopic (exact) mass is 204 g/mol. The molecule has 3 N–H and O–H groups in total. The standard InChI is InChI=1S/C12H16N2O/c1-8-4-2-6-10-9(8)5-3-7-11(10)12(13)14-15/h3,5,7-8,15H,2,4,6H2,1H3,(H2,13,14)/t8-/m0/s1. The van der Waals surface area contributed by atoms with Gasteiger partial charge in [-0.25, -0.2) is 0 Å². The van der Waals surface area contributed by atoms with E-state index in [9.17, 15) is 0 Å². The molecule has 0 unspecified atom stereocenters. The third-order valence-electron chi connectivity index (χ3n) is 3.19. The van der Waals surface area contributed by atoms with Crippen LogP contribution in [0, 0.1) is 0 Å². The van der Waals surface area contributed by atoms with E-state index in [1.165, 1.54) is 24.0 Å². The van der Waals surface area contributed by atoms with E-state index >= 15 is 0 Å². The first-order valence-corrected chi connectivity index (χ1v) is 5.33. The van der Waals surface area contributed by atoms with Gasteiger partial charge < -0.3 is 10.9 Å². The topological polar surface area (TPSA) is 58.6 Å². The number of hydrogen-bond acceptors (Lipinski definition) is 2. The van der Waals surface area contributed by atoms with Crippen LogP contribution in [-0.2, 0) is 6.42 Å². The summed E-state index contributed by atoms with van der Waals surface area (Å²) in [7, 11) is 0. The summed E-state index contributed by atoms with van der Waals surface area (Å²) >= 11 is 0. The highest BCUT2D eigenvalue weighted by Gasteiger charge is 2.19. The Morgan fingerprint density at radius 3 is 3.07 bits per heavy atom. The van der Waals surface area contributed by atoms with Gasteiger partial charge in [-0.3, -0.25) is 0 Å². The Bertz CT molecular complexity index is 399. The minimum absolute atomic E-state index is 0.223. The third-order valence-corrected chi connectivity index (χ3v) is 3.19. The Labute approximate surface area is 89.6 Å². The van der Waals surface area contributed by atoms with Crippen LogP contribution in [0.2, 0.25) is 0 Å². The van der Waals surface area contributed by atoms with Crippen LogP contribution in [-0.4, -0.2) is 11.0 Å². The zero-order valence-corrected chi connectivity index (χ0v) is 8.90. The number of fused-ring (bicyclic) bond motifs is 1. The minimum Gasteiger partial charge on any atom is -0.409 e. The fourth-order valence-electron chi connectivity index (χ4n) is 2.38. The molecule has 0 amide bonds. The first kappa shape index (κ1) is 10.0. The van der Waals surface area contributed by atoms with Crippen molar-refractivity contribution in [3.63, 3.8) is 0 Å². The van der Waals surface area contributed by atoms with Crippen LogP contribution in [0.25, 0.3) is 0 Å². The van der Waals surface area contributed by atoms with Crippen LogP contribution in [0.3, 0.4) is 0 Å². The van der Waals surface area contributed by atoms with Gasteiger partial charge in [0, 0.05) is 5.56 Å². The highest BCUT2D eigenvalue weighted by atomic mass is 16.4. The Morgan fingerprint density at radius 2 is 2.33 bits per heavy atom. The number of oxime groups is 1. The Balaban J connectivity index is 2.54. The summed E-state index contributed by atoms with van der Waals surface area (Å²) in [6, 6.07) is 6.05. The molecule has 2 rings (SSSR count). The molecule has 1 atom stereocenters. The summed E-state index contributed by atoms with van der Waals surface area (Å²) in [5.41, 5.74) is 9.16. The molecule has 1 aliphatic carbocycles. The summed E-state index contributed by atoms with van der Waals surface area (Å²) < 4.78 is 0. The fourth-order valence-corrected chi connectivity index (χ4v) is 2.38. The molecule has 0 spiro atoms. The van der Waals surface area contributed by atoms with Gasteiger partial charge >= 0.3 is 0 Å². The summed E-state index contributed by atoms with van der Waals surface area (Å²) in [6.07, 6.45) is 3.45. The summed E-state index contributed by atoms with van der Waals surface area (Å²) in [5.74, 6) is 0.807. The number of amidine groups is 1. The van der Waals surface area contributed by atoms with Crippen molar-refractivity contribution in [2.45, 2.75) is 32.1 Å². The Hall–Kier alpha value is -1.51. The SMILES string of the molecule is C[C@H]1CCCc2c(/C(N)=N\O)cccc21. The molecule has 0 aromatic heterocycles. The Morgan fingerprint density at radius 1 is 1.53 bits per heavy atom. The first-order valence-electron chi connectivity index (χ1n) is 5.33. The van der Waals surface area contributed by atoms with Gasteiger partial charge in [-0.1, -0.05) is 30.3 Å². The predicted octanol–water partition coefficient (Wildman–Crippen LogP) is 2.22. The maximum absolute atomic E-state index is 8.72. The quantitative estimate of drug-likeness (QED) is 0.319. The van der Waals surface area contributed by atoms with Crippen molar-refractivity contribution < 1.29 is 5.21 Å². The maximum Gasteiger partial charge on any atom is 0.170 e. The van der Waals surface area contributed by atoms with Gasteiger partial charge in [0.15, 0.2) is 5.84 Å². The van der Waals surface area contributed by atoms with Crippen molar-refractivity contribution in [2.75, 3.05) is 0 Å². The van der Waals surface area contributed by atoms with Gasteiger partial charge in [-0.15, -0.1) is 0 Å². The van der Waals surface area contributed by atoms with Gasteiger partial charge in [0.25, 0.3) is 0 Å². The van der Waals surface area contributed by atoms with Crippen molar-refractivity contribution in [1.29, 1.82) is 0 Å². The van der Waals surface area contributed by atoms with E-state index in [2.05, 4.69) is 18.1 Å². The smallest absolute Gasteiger partial charge is 0.170 e. The molecule has 3 heteroatoms. The molecule has 1 aliphatic rings. The van der Waals surface area contributed by atoms with Crippen LogP contribution < -0.4 is 5.73 Å². The molecule has 0 saturated carbocycles. The van der Waals surface area contributed by atoms with Gasteiger partial charge in [-0.05, 0) is 36.3 Å². The minimum atomic E-state index is 0.223. The molecule has 80 valence electrons. The highest BCUT2D eigenvalue weighted by molar-refractivity contribution is 5.98. The van der Waals surface area contributed by atoms with Crippen molar-refractivity contribution in [1.82, 2.24) is 0 Å². The van der Waals surface area contributed by atoms with E-state index in [-0.39, 0.29) is 5.84 Å². The van der Waals surface area contributed by atoms with E-state index in [1.54, 1.807) is 0 Å². The third kappa shape index (κ3) is 1.69. The van der Waals surface area contributed by atoms with Gasteiger partial charge in [0.2, 0.25) is 0 Å². The molecule has 15 heavy (non-hydrogen) atoms. The zero-order chi connectivity index (χ0) is 10.8. The molecule has 0 fully saturated rings. The molecular weight excluding hydrogens is 188 g/mol. The predicted molar refractivity (Wildman–Crippen MR) is 60.3 cm³/mol. The lowest BCUT2D eigenvalue weighted by molar-refractivity contribution is 0.318. The van der Waals surface area contributed by atoms with Crippen LogP contribution in [0.5, 0.6) is 0 Å². The number of rotatable bonds is 1. The first-order chi connectivity index (χ1) is 7.24. The molecule has 0 radical (unpaired) electrons. The highest BCUT2D eigenvalue weighted by Crippen LogP contribution is 2.32. The number of nitrogens with zero attached hydrogens (tertiary/aromatic N) is 1. The van der Waals surface area contributed by atoms with E-state index in [0.29, 0.717) is 5.92 Å². The molecule has 1 aromatic carbocycles. The second kappa shape index (κ2) is 3.93. The Kier molecular flexibility index (Phi) is 2.62. The molecule has 3 nitrogen and oxygen atoms in total. The van der Waals surface area contributed by atoms with Crippen LogP contribution in [0.1, 0.15) is 42.4 Å². The van der Waals surface area contributed by atoms with Crippen molar-refractivity contribution in [2.24, 2.45) is 10.9 Å². The lowest BCUT2D eigenvalue weighted by atomic mass is 9.81. The second-order valence-corrected chi connectivity index (χ2v) is 4.15. The van der Waals surface area contributed by atoms with Crippen molar-refractivity contribution >= 4 is 5.84 Å². The normalized spacial score (nSPS) is 21.1. The van der Waals surface area contributed by atoms with E-state index in [0.717, 1.165) is 12.0 Å². The van der Waals surface area contributed by atoms with E-state index in [1.807, 2.05) is 12.1 Å². The molecule has 0 bridgehead atoms. The average molecular weight is 204 g/mol. The van der Waals surface area contributed by atoms with Crippen LogP contribution in [0.15, 0.2) is 23.4 Å². The van der Waals surface area contributed by atoms with E-state index in [4.69, 9.17) is 10.9 Å². The second-order valence-electron chi connectivity index (χ2n) is 4.15. The largest absolute Gasteiger partial charge is 0.409 e. The maximum atomic E-state index is 8.72. The number of benzene rings is 1. The average Bonchev–Trinajstić information content (AvgIpc) is 2.28. The van der Waals surface area contributed by atoms with Crippen LogP contribution >= 0.6 is 0 Å². The molecular formula is C12H16N2O. The molecule has 0 heterocycles. The van der Waals surface area contributed by atoms with Crippen molar-refractivity contribution in [3.8, 4) is 0 Å². The lowest BCUT2D eigenvalue weighted by Gasteiger charge is -2.24. The van der Waals surface area contributed by atoms with Crippen LogP contribution in [0.4, 0.5) is 0 Å². The van der Waals surface area contributed by atoms with Crippen molar-refractivity contribution in [3.05, 3.63) is 34.9 Å². The molecule has 1 aromatic rings. The molecule has 0 saturated heterocycles. The number of hydrogen-bond donors (Lipinski definition) is 2. The summed E-state index contributed by atoms with van der Waals surface area (Å²) in [5, 5.41) is 11.8. The number of nitrogens with two attached hydrogens (primary N) is 1. The van der Waals surface area contributed by atoms with Gasteiger partial charge in [0.1, 0.15) is 0 Å². The van der Waals surface area contributed by atoms with Gasteiger partial charge in [0.05, 0.1) is 0 Å². The lowest BCUT2D eigenvalue weighted by Crippen LogP contribution is -2.19. The summed E-state index contributed by atoms with van der Waals surface area (Å²) in [4.78, 5) is 0. The summed E-state index contributed by atoms with van der Waals surface area (Å²) in [6.45, 7) is 2.23.